The Morgan fingerprint density at radius 2 is 1.41 bits per heavy atom. The van der Waals surface area contributed by atoms with Crippen molar-refractivity contribution >= 4 is 34.6 Å². The van der Waals surface area contributed by atoms with Crippen LogP contribution < -0.4 is 10.5 Å². The van der Waals surface area contributed by atoms with Crippen LogP contribution in [0.3, 0.4) is 0 Å². The second-order valence-corrected chi connectivity index (χ2v) is 8.99. The molecule has 6 nitrogen and oxygen atoms in total. The van der Waals surface area contributed by atoms with Gasteiger partial charge in [-0.15, -0.1) is 0 Å². The molecule has 1 amide bonds. The van der Waals surface area contributed by atoms with Crippen LogP contribution in [-0.2, 0) is 11.8 Å². The number of nitrogens with zero attached hydrogens (tertiary/aromatic N) is 3. The van der Waals surface area contributed by atoms with E-state index in [0.29, 0.717) is 16.3 Å². The van der Waals surface area contributed by atoms with Gasteiger partial charge in [0.2, 0.25) is 0 Å². The highest BCUT2D eigenvalue weighted by atomic mass is 32.2. The lowest BCUT2D eigenvalue weighted by Gasteiger charge is -2.12. The number of nitrogens with one attached hydrogen (secondary N) is 1. The first-order chi connectivity index (χ1) is 16.5. The third-order valence-corrected chi connectivity index (χ3v) is 6.77. The lowest BCUT2D eigenvalue weighted by Crippen LogP contribution is -2.33. The summed E-state index contributed by atoms with van der Waals surface area (Å²) < 4.78 is 3.22. The summed E-state index contributed by atoms with van der Waals surface area (Å²) in [5, 5.41) is 8.48. The van der Waals surface area contributed by atoms with Gasteiger partial charge in [0, 0.05) is 7.05 Å². The quantitative estimate of drug-likeness (QED) is 0.420. The molecule has 0 atom stereocenters. The molecule has 1 fully saturated rings. The van der Waals surface area contributed by atoms with Crippen molar-refractivity contribution in [3.05, 3.63) is 111 Å². The van der Waals surface area contributed by atoms with Crippen molar-refractivity contribution in [3.8, 4) is 16.8 Å². The summed E-state index contributed by atoms with van der Waals surface area (Å²) in [6.07, 6.45) is 1.77. The summed E-state index contributed by atoms with van der Waals surface area (Å²) in [6, 6.07) is 27.2. The molecule has 1 aliphatic heterocycles. The van der Waals surface area contributed by atoms with Gasteiger partial charge in [-0.25, -0.2) is 9.58 Å². The van der Waals surface area contributed by atoms with Gasteiger partial charge in [0.05, 0.1) is 16.3 Å². The number of carbonyl (C=O) groups excluding carboxylic acids is 1. The molecule has 1 aliphatic rings. The van der Waals surface area contributed by atoms with Gasteiger partial charge in [0.15, 0.2) is 5.17 Å². The van der Waals surface area contributed by atoms with E-state index in [4.69, 9.17) is 5.41 Å². The number of aromatic nitrogens is 2. The van der Waals surface area contributed by atoms with E-state index in [1.165, 1.54) is 9.58 Å². The molecule has 3 aromatic carbocycles. The highest BCUT2D eigenvalue weighted by Gasteiger charge is 2.37. The predicted octanol–water partition coefficient (Wildman–Crippen LogP) is 5.21. The first-order valence-corrected chi connectivity index (χ1v) is 11.6. The Morgan fingerprint density at radius 1 is 0.824 bits per heavy atom. The number of amides is 1. The van der Waals surface area contributed by atoms with E-state index in [0.717, 1.165) is 28.5 Å². The highest BCUT2D eigenvalue weighted by Crippen LogP contribution is 2.35. The van der Waals surface area contributed by atoms with Crippen molar-refractivity contribution in [2.24, 2.45) is 7.05 Å². The maximum absolute atomic E-state index is 13.3. The molecule has 34 heavy (non-hydrogen) atoms. The van der Waals surface area contributed by atoms with Crippen LogP contribution in [0.1, 0.15) is 11.3 Å². The Labute approximate surface area is 201 Å². The third kappa shape index (κ3) is 3.70. The zero-order valence-corrected chi connectivity index (χ0v) is 19.5. The molecule has 0 saturated carbocycles. The van der Waals surface area contributed by atoms with Gasteiger partial charge in [-0.1, -0.05) is 72.8 Å². The minimum absolute atomic E-state index is 0.0168. The fourth-order valence-electron chi connectivity index (χ4n) is 4.06. The molecule has 168 valence electrons. The van der Waals surface area contributed by atoms with Crippen molar-refractivity contribution in [1.82, 2.24) is 9.36 Å². The average Bonchev–Trinajstić information content (AvgIpc) is 3.25. The minimum Gasteiger partial charge on any atom is -0.283 e. The largest absolute Gasteiger partial charge is 0.296 e. The van der Waals surface area contributed by atoms with E-state index in [9.17, 15) is 9.59 Å². The Bertz CT molecular complexity index is 1480. The second-order valence-electron chi connectivity index (χ2n) is 7.95. The van der Waals surface area contributed by atoms with Crippen LogP contribution in [0.2, 0.25) is 0 Å². The Morgan fingerprint density at radius 3 is 2.06 bits per heavy atom. The normalized spacial score (nSPS) is 14.9. The first-order valence-electron chi connectivity index (χ1n) is 10.8. The van der Waals surface area contributed by atoms with Crippen LogP contribution in [0, 0.1) is 12.3 Å². The van der Waals surface area contributed by atoms with E-state index < -0.39 is 0 Å². The first kappa shape index (κ1) is 21.7. The molecule has 1 saturated heterocycles. The van der Waals surface area contributed by atoms with E-state index >= 15 is 0 Å². The lowest BCUT2D eigenvalue weighted by molar-refractivity contribution is -0.113. The summed E-state index contributed by atoms with van der Waals surface area (Å²) in [4.78, 5) is 28.3. The van der Waals surface area contributed by atoms with Crippen LogP contribution in [-0.4, -0.2) is 20.4 Å². The van der Waals surface area contributed by atoms with Gasteiger partial charge in [0.25, 0.3) is 11.5 Å². The fourth-order valence-corrected chi connectivity index (χ4v) is 4.90. The van der Waals surface area contributed by atoms with Gasteiger partial charge >= 0.3 is 0 Å². The van der Waals surface area contributed by atoms with E-state index in [1.807, 2.05) is 84.9 Å². The summed E-state index contributed by atoms with van der Waals surface area (Å²) in [7, 11) is 1.77. The number of amidine groups is 1. The van der Waals surface area contributed by atoms with Gasteiger partial charge in [0.1, 0.15) is 5.69 Å². The van der Waals surface area contributed by atoms with Crippen LogP contribution in [0.5, 0.6) is 0 Å². The number of thioether (sulfide) groups is 1. The molecule has 0 aliphatic carbocycles. The number of anilines is 1. The maximum Gasteiger partial charge on any atom is 0.296 e. The number of benzene rings is 3. The number of para-hydroxylation sites is 1. The highest BCUT2D eigenvalue weighted by molar-refractivity contribution is 8.19. The molecule has 5 rings (SSSR count). The monoisotopic (exact) mass is 466 g/mol. The van der Waals surface area contributed by atoms with Crippen LogP contribution in [0.4, 0.5) is 5.69 Å². The molecule has 2 heterocycles. The van der Waals surface area contributed by atoms with Gasteiger partial charge in [-0.05, 0) is 53.6 Å². The molecule has 0 spiro atoms. The standard InChI is InChI=1S/C27H22N4O2S/c1-18-24(26(33)31(29(18)2)22-11-7-4-8-12-22)30-25(32)23(34-27(30)28)17-19-13-15-21(16-14-19)20-9-5-3-6-10-20/h3-17,28H,1-2H3/b23-17-,28-27?. The van der Waals surface area contributed by atoms with Crippen molar-refractivity contribution < 1.29 is 4.79 Å². The van der Waals surface area contributed by atoms with Gasteiger partial charge < -0.3 is 0 Å². The molecule has 0 bridgehead atoms. The van der Waals surface area contributed by atoms with E-state index in [-0.39, 0.29) is 22.3 Å². The molecule has 1 aromatic heterocycles. The topological polar surface area (TPSA) is 71.1 Å². The van der Waals surface area contributed by atoms with Gasteiger partial charge in [-0.2, -0.15) is 0 Å². The van der Waals surface area contributed by atoms with Crippen molar-refractivity contribution in [3.63, 3.8) is 0 Å². The molecule has 0 radical (unpaired) electrons. The predicted molar refractivity (Wildman–Crippen MR) is 138 cm³/mol. The summed E-state index contributed by atoms with van der Waals surface area (Å²) >= 11 is 1.06. The number of hydrogen-bond donors (Lipinski definition) is 1. The second kappa shape index (κ2) is 8.68. The lowest BCUT2D eigenvalue weighted by atomic mass is 10.0. The smallest absolute Gasteiger partial charge is 0.283 e. The maximum atomic E-state index is 13.3. The number of carbonyl (C=O) groups is 1. The van der Waals surface area contributed by atoms with Gasteiger partial charge in [-0.3, -0.25) is 19.7 Å². The van der Waals surface area contributed by atoms with Crippen LogP contribution in [0.15, 0.2) is 94.6 Å². The van der Waals surface area contributed by atoms with E-state index in [2.05, 4.69) is 0 Å². The Balaban J connectivity index is 1.48. The molecule has 1 N–H and O–H groups in total. The van der Waals surface area contributed by atoms with Crippen molar-refractivity contribution in [2.75, 3.05) is 4.90 Å². The van der Waals surface area contributed by atoms with Crippen LogP contribution >= 0.6 is 11.8 Å². The van der Waals surface area contributed by atoms with Crippen molar-refractivity contribution in [2.45, 2.75) is 6.92 Å². The zero-order valence-electron chi connectivity index (χ0n) is 18.7. The summed E-state index contributed by atoms with van der Waals surface area (Å²) in [5.41, 5.74) is 4.25. The summed E-state index contributed by atoms with van der Waals surface area (Å²) in [5.74, 6) is -0.367. The fraction of sp³-hybridized carbons (Fsp3) is 0.0741. The SMILES string of the molecule is Cc1c(N2C(=N)S/C(=C\c3ccc(-c4ccccc4)cc3)C2=O)c(=O)n(-c2ccccc2)n1C. The minimum atomic E-state index is -0.367. The Kier molecular flexibility index (Phi) is 5.55. The number of hydrogen-bond acceptors (Lipinski definition) is 4. The molecule has 7 heteroatoms. The van der Waals surface area contributed by atoms with Crippen molar-refractivity contribution in [1.29, 1.82) is 5.41 Å². The third-order valence-electron chi connectivity index (χ3n) is 5.89. The number of rotatable bonds is 4. The Hall–Kier alpha value is -4.10. The summed E-state index contributed by atoms with van der Waals surface area (Å²) in [6.45, 7) is 1.78. The molecular weight excluding hydrogens is 444 g/mol. The van der Waals surface area contributed by atoms with Crippen LogP contribution in [0.25, 0.3) is 22.9 Å². The molecule has 0 unspecified atom stereocenters. The van der Waals surface area contributed by atoms with E-state index in [1.54, 1.807) is 24.7 Å². The molecular formula is C27H22N4O2S. The average molecular weight is 467 g/mol. The zero-order chi connectivity index (χ0) is 23.8. The molecule has 4 aromatic rings.